The molecule has 92 valence electrons. The molecule has 1 heterocycles. The number of aromatic nitrogens is 1. The Morgan fingerprint density at radius 3 is 2.71 bits per heavy atom. The minimum absolute atomic E-state index is 0.212. The molecule has 0 fully saturated rings. The van der Waals surface area contributed by atoms with Gasteiger partial charge in [-0.3, -0.25) is 0 Å². The van der Waals surface area contributed by atoms with E-state index in [4.69, 9.17) is 4.74 Å². The Kier molecular flexibility index (Phi) is 3.38. The summed E-state index contributed by atoms with van der Waals surface area (Å²) < 4.78 is 5.72. The molecular weight excluding hydrogens is 212 g/mol. The predicted octanol–water partition coefficient (Wildman–Crippen LogP) is 3.02. The van der Waals surface area contributed by atoms with Crippen LogP contribution in [0, 0.1) is 0 Å². The third-order valence-corrected chi connectivity index (χ3v) is 2.60. The van der Waals surface area contributed by atoms with Gasteiger partial charge in [0.05, 0.1) is 6.10 Å². The minimum atomic E-state index is 0.212. The Morgan fingerprint density at radius 1 is 1.29 bits per heavy atom. The molecule has 1 aromatic carbocycles. The molecule has 0 aliphatic rings. The number of nitrogens with zero attached hydrogens (tertiary/aromatic N) is 1. The molecule has 2 aromatic rings. The first kappa shape index (κ1) is 12.0. The zero-order valence-electron chi connectivity index (χ0n) is 10.9. The van der Waals surface area contributed by atoms with Crippen LogP contribution in [0.3, 0.4) is 0 Å². The fourth-order valence-electron chi connectivity index (χ4n) is 1.97. The van der Waals surface area contributed by atoms with Crippen molar-refractivity contribution in [2.45, 2.75) is 26.5 Å². The third kappa shape index (κ3) is 2.80. The first-order chi connectivity index (χ1) is 8.06. The number of fused-ring (bicyclic) bond motifs is 1. The smallest absolute Gasteiger partial charge is 0.120 e. The lowest BCUT2D eigenvalue weighted by molar-refractivity contribution is 0.243. The molecule has 3 nitrogen and oxygen atoms in total. The van der Waals surface area contributed by atoms with Crippen molar-refractivity contribution < 1.29 is 4.74 Å². The third-order valence-electron chi connectivity index (χ3n) is 2.60. The summed E-state index contributed by atoms with van der Waals surface area (Å²) in [6.07, 6.45) is 2.28. The van der Waals surface area contributed by atoms with Gasteiger partial charge >= 0.3 is 0 Å². The number of aromatic amines is 1. The van der Waals surface area contributed by atoms with Crippen LogP contribution in [0.5, 0.6) is 5.75 Å². The summed E-state index contributed by atoms with van der Waals surface area (Å²) >= 11 is 0. The van der Waals surface area contributed by atoms with Gasteiger partial charge in [0, 0.05) is 23.6 Å². The average molecular weight is 232 g/mol. The van der Waals surface area contributed by atoms with Crippen LogP contribution in [-0.2, 0) is 6.54 Å². The first-order valence-electron chi connectivity index (χ1n) is 5.97. The van der Waals surface area contributed by atoms with Gasteiger partial charge in [0.25, 0.3) is 0 Å². The van der Waals surface area contributed by atoms with E-state index in [-0.39, 0.29) is 6.10 Å². The van der Waals surface area contributed by atoms with Crippen molar-refractivity contribution in [3.05, 3.63) is 30.0 Å². The standard InChI is InChI=1S/C14H20N2O/c1-10(2)17-12-5-6-14-13(7-12)11(8-15-14)9-16(3)4/h5-8,10,15H,9H2,1-4H3. The Morgan fingerprint density at radius 2 is 2.06 bits per heavy atom. The summed E-state index contributed by atoms with van der Waals surface area (Å²) in [6.45, 7) is 5.02. The molecule has 1 N–H and O–H groups in total. The van der Waals surface area contributed by atoms with E-state index in [2.05, 4.69) is 42.3 Å². The molecule has 0 atom stereocenters. The number of hydrogen-bond acceptors (Lipinski definition) is 2. The van der Waals surface area contributed by atoms with E-state index < -0.39 is 0 Å². The van der Waals surface area contributed by atoms with Gasteiger partial charge in [-0.2, -0.15) is 0 Å². The highest BCUT2D eigenvalue weighted by Gasteiger charge is 2.06. The van der Waals surface area contributed by atoms with Gasteiger partial charge < -0.3 is 14.6 Å². The second-order valence-electron chi connectivity index (χ2n) is 4.93. The van der Waals surface area contributed by atoms with Crippen molar-refractivity contribution in [2.24, 2.45) is 0 Å². The average Bonchev–Trinajstić information content (AvgIpc) is 2.59. The quantitative estimate of drug-likeness (QED) is 0.877. The number of rotatable bonds is 4. The molecule has 17 heavy (non-hydrogen) atoms. The highest BCUT2D eigenvalue weighted by molar-refractivity contribution is 5.84. The maximum atomic E-state index is 5.72. The molecule has 0 aliphatic heterocycles. The lowest BCUT2D eigenvalue weighted by atomic mass is 10.1. The largest absolute Gasteiger partial charge is 0.491 e. The van der Waals surface area contributed by atoms with E-state index >= 15 is 0 Å². The SMILES string of the molecule is CC(C)Oc1ccc2[nH]cc(CN(C)C)c2c1. The number of H-pyrrole nitrogens is 1. The Labute approximate surface area is 102 Å². The summed E-state index contributed by atoms with van der Waals surface area (Å²) in [4.78, 5) is 5.46. The van der Waals surface area contributed by atoms with Gasteiger partial charge in [0.1, 0.15) is 5.75 Å². The molecule has 0 saturated carbocycles. The van der Waals surface area contributed by atoms with Crippen LogP contribution >= 0.6 is 0 Å². The molecule has 0 saturated heterocycles. The van der Waals surface area contributed by atoms with Gasteiger partial charge in [-0.15, -0.1) is 0 Å². The Hall–Kier alpha value is -1.48. The van der Waals surface area contributed by atoms with Crippen LogP contribution < -0.4 is 4.74 Å². The zero-order chi connectivity index (χ0) is 12.4. The van der Waals surface area contributed by atoms with Crippen LogP contribution in [0.1, 0.15) is 19.4 Å². The summed E-state index contributed by atoms with van der Waals surface area (Å²) in [5.41, 5.74) is 2.47. The molecule has 2 rings (SSSR count). The maximum absolute atomic E-state index is 5.72. The van der Waals surface area contributed by atoms with E-state index in [1.807, 2.05) is 19.9 Å². The van der Waals surface area contributed by atoms with Crippen molar-refractivity contribution in [1.82, 2.24) is 9.88 Å². The molecule has 0 unspecified atom stereocenters. The molecule has 0 bridgehead atoms. The van der Waals surface area contributed by atoms with Crippen LogP contribution in [0.2, 0.25) is 0 Å². The molecule has 0 radical (unpaired) electrons. The summed E-state index contributed by atoms with van der Waals surface area (Å²) in [6, 6.07) is 6.20. The number of nitrogens with one attached hydrogen (secondary N) is 1. The molecule has 3 heteroatoms. The second kappa shape index (κ2) is 4.80. The molecule has 1 aromatic heterocycles. The van der Waals surface area contributed by atoms with E-state index in [9.17, 15) is 0 Å². The van der Waals surface area contributed by atoms with Gasteiger partial charge in [-0.05, 0) is 51.7 Å². The normalized spacial score (nSPS) is 11.6. The molecular formula is C14H20N2O. The lowest BCUT2D eigenvalue weighted by Gasteiger charge is -2.11. The van der Waals surface area contributed by atoms with Crippen molar-refractivity contribution in [2.75, 3.05) is 14.1 Å². The van der Waals surface area contributed by atoms with Gasteiger partial charge in [-0.1, -0.05) is 0 Å². The fourth-order valence-corrected chi connectivity index (χ4v) is 1.97. The summed E-state index contributed by atoms with van der Waals surface area (Å²) in [5.74, 6) is 0.937. The topological polar surface area (TPSA) is 28.3 Å². The first-order valence-corrected chi connectivity index (χ1v) is 5.97. The monoisotopic (exact) mass is 232 g/mol. The van der Waals surface area contributed by atoms with Crippen molar-refractivity contribution >= 4 is 10.9 Å². The number of benzene rings is 1. The van der Waals surface area contributed by atoms with E-state index in [0.717, 1.165) is 17.8 Å². The van der Waals surface area contributed by atoms with E-state index in [1.54, 1.807) is 0 Å². The van der Waals surface area contributed by atoms with E-state index in [1.165, 1.54) is 10.9 Å². The van der Waals surface area contributed by atoms with Crippen molar-refractivity contribution in [3.63, 3.8) is 0 Å². The highest BCUT2D eigenvalue weighted by atomic mass is 16.5. The Balaban J connectivity index is 2.36. The van der Waals surface area contributed by atoms with Gasteiger partial charge in [0.15, 0.2) is 0 Å². The Bertz CT molecular complexity index is 500. The van der Waals surface area contributed by atoms with Crippen molar-refractivity contribution in [1.29, 1.82) is 0 Å². The minimum Gasteiger partial charge on any atom is -0.491 e. The number of ether oxygens (including phenoxy) is 1. The van der Waals surface area contributed by atoms with Crippen LogP contribution in [0.25, 0.3) is 10.9 Å². The second-order valence-corrected chi connectivity index (χ2v) is 4.93. The van der Waals surface area contributed by atoms with Crippen LogP contribution in [0.4, 0.5) is 0 Å². The fraction of sp³-hybridized carbons (Fsp3) is 0.429. The summed E-state index contributed by atoms with van der Waals surface area (Å²) in [5, 5.41) is 1.25. The predicted molar refractivity (Wildman–Crippen MR) is 71.5 cm³/mol. The zero-order valence-corrected chi connectivity index (χ0v) is 10.9. The van der Waals surface area contributed by atoms with E-state index in [0.29, 0.717) is 0 Å². The van der Waals surface area contributed by atoms with Crippen molar-refractivity contribution in [3.8, 4) is 5.75 Å². The maximum Gasteiger partial charge on any atom is 0.120 e. The molecule has 0 aliphatic carbocycles. The number of hydrogen-bond donors (Lipinski definition) is 1. The van der Waals surface area contributed by atoms with Gasteiger partial charge in [-0.25, -0.2) is 0 Å². The highest BCUT2D eigenvalue weighted by Crippen LogP contribution is 2.24. The lowest BCUT2D eigenvalue weighted by Crippen LogP contribution is -2.10. The van der Waals surface area contributed by atoms with Gasteiger partial charge in [0.2, 0.25) is 0 Å². The molecule has 0 spiro atoms. The van der Waals surface area contributed by atoms with Crippen LogP contribution in [0.15, 0.2) is 24.4 Å². The summed E-state index contributed by atoms with van der Waals surface area (Å²) in [7, 11) is 4.15. The van der Waals surface area contributed by atoms with Crippen LogP contribution in [-0.4, -0.2) is 30.1 Å². The molecule has 0 amide bonds.